The summed E-state index contributed by atoms with van der Waals surface area (Å²) in [5.41, 5.74) is 2.07. The number of nitrogens with zero attached hydrogens (tertiary/aromatic N) is 4. The molecule has 0 aliphatic carbocycles. The molecule has 1 aliphatic rings. The van der Waals surface area contributed by atoms with Crippen LogP contribution in [-0.2, 0) is 0 Å². The van der Waals surface area contributed by atoms with Crippen LogP contribution in [-0.4, -0.2) is 45.1 Å². The first-order chi connectivity index (χ1) is 10.5. The number of carbonyl (C=O) groups is 1. The Kier molecular flexibility index (Phi) is 3.79. The Bertz CT molecular complexity index is 678. The molecule has 7 heteroatoms. The molecule has 0 radical (unpaired) electrons. The maximum Gasteiger partial charge on any atom is 0.317 e. The van der Waals surface area contributed by atoms with Crippen LogP contribution in [0.15, 0.2) is 16.7 Å². The number of hydrogen-bond donors (Lipinski definition) is 0. The maximum absolute atomic E-state index is 12.3. The van der Waals surface area contributed by atoms with E-state index in [2.05, 4.69) is 15.1 Å². The summed E-state index contributed by atoms with van der Waals surface area (Å²) in [4.78, 5) is 22.5. The second-order valence-corrected chi connectivity index (χ2v) is 5.54. The largest absolute Gasteiger partial charge is 0.458 e. The highest BCUT2D eigenvalue weighted by Gasteiger charge is 2.30. The Balaban J connectivity index is 1.63. The Hall–Kier alpha value is -2.44. The van der Waals surface area contributed by atoms with Crippen molar-refractivity contribution in [2.45, 2.75) is 33.3 Å². The molecule has 3 heterocycles. The molecule has 0 spiro atoms. The molecule has 1 atom stereocenters. The SMILES string of the molecule is Cc1cc(C)nc(O[C@H]2CCN(C(=O)c3cc(C)on3)C2)n1. The van der Waals surface area contributed by atoms with Crippen LogP contribution in [0.25, 0.3) is 0 Å². The predicted molar refractivity (Wildman–Crippen MR) is 77.7 cm³/mol. The monoisotopic (exact) mass is 302 g/mol. The third-order valence-electron chi connectivity index (χ3n) is 3.51. The van der Waals surface area contributed by atoms with E-state index in [0.29, 0.717) is 30.6 Å². The Morgan fingerprint density at radius 3 is 2.64 bits per heavy atom. The lowest BCUT2D eigenvalue weighted by atomic mass is 10.3. The summed E-state index contributed by atoms with van der Waals surface area (Å²) in [5.74, 6) is 0.489. The van der Waals surface area contributed by atoms with Crippen LogP contribution in [0.3, 0.4) is 0 Å². The van der Waals surface area contributed by atoms with Gasteiger partial charge >= 0.3 is 6.01 Å². The molecule has 1 fully saturated rings. The molecule has 2 aromatic heterocycles. The zero-order chi connectivity index (χ0) is 15.7. The summed E-state index contributed by atoms with van der Waals surface area (Å²) in [5, 5.41) is 3.76. The number of hydrogen-bond acceptors (Lipinski definition) is 6. The number of carbonyl (C=O) groups excluding carboxylic acids is 1. The number of amides is 1. The lowest BCUT2D eigenvalue weighted by Gasteiger charge is -2.15. The molecular weight excluding hydrogens is 284 g/mol. The van der Waals surface area contributed by atoms with Crippen LogP contribution in [0.5, 0.6) is 6.01 Å². The molecule has 1 saturated heterocycles. The highest BCUT2D eigenvalue weighted by Crippen LogP contribution is 2.18. The third-order valence-corrected chi connectivity index (χ3v) is 3.51. The van der Waals surface area contributed by atoms with Crippen LogP contribution in [0, 0.1) is 20.8 Å². The first-order valence-corrected chi connectivity index (χ1v) is 7.23. The minimum atomic E-state index is -0.135. The van der Waals surface area contributed by atoms with Gasteiger partial charge in [0.05, 0.1) is 6.54 Å². The standard InChI is InChI=1S/C15H18N4O3/c1-9-6-10(2)17-15(16-9)21-12-4-5-19(8-12)14(20)13-7-11(3)22-18-13/h6-7,12H,4-5,8H2,1-3H3/t12-/m0/s1. The molecule has 0 bridgehead atoms. The van der Waals surface area contributed by atoms with Crippen molar-refractivity contribution in [3.63, 3.8) is 0 Å². The van der Waals surface area contributed by atoms with Gasteiger partial charge in [-0.15, -0.1) is 0 Å². The Morgan fingerprint density at radius 2 is 2.00 bits per heavy atom. The molecule has 0 unspecified atom stereocenters. The zero-order valence-electron chi connectivity index (χ0n) is 12.9. The fourth-order valence-electron chi connectivity index (χ4n) is 2.53. The fourth-order valence-corrected chi connectivity index (χ4v) is 2.53. The van der Waals surface area contributed by atoms with E-state index in [0.717, 1.165) is 17.8 Å². The number of likely N-dealkylation sites (tertiary alicyclic amines) is 1. The van der Waals surface area contributed by atoms with Crippen LogP contribution >= 0.6 is 0 Å². The highest BCUT2D eigenvalue weighted by molar-refractivity contribution is 5.92. The lowest BCUT2D eigenvalue weighted by Crippen LogP contribution is -2.31. The third kappa shape index (κ3) is 3.08. The van der Waals surface area contributed by atoms with Gasteiger partial charge in [-0.25, -0.2) is 9.97 Å². The maximum atomic E-state index is 12.3. The first kappa shape index (κ1) is 14.5. The Labute approximate surface area is 128 Å². The number of aryl methyl sites for hydroxylation is 3. The number of aromatic nitrogens is 3. The van der Waals surface area contributed by atoms with Crippen LogP contribution in [0.2, 0.25) is 0 Å². The second-order valence-electron chi connectivity index (χ2n) is 5.54. The van der Waals surface area contributed by atoms with E-state index in [-0.39, 0.29) is 12.0 Å². The Morgan fingerprint density at radius 1 is 1.27 bits per heavy atom. The normalized spacial score (nSPS) is 17.8. The minimum absolute atomic E-state index is 0.0989. The van der Waals surface area contributed by atoms with Gasteiger partial charge in [0.1, 0.15) is 11.9 Å². The van der Waals surface area contributed by atoms with Gasteiger partial charge in [-0.2, -0.15) is 0 Å². The number of ether oxygens (including phenoxy) is 1. The predicted octanol–water partition coefficient (Wildman–Crippen LogP) is 1.68. The molecule has 2 aromatic rings. The topological polar surface area (TPSA) is 81.4 Å². The van der Waals surface area contributed by atoms with E-state index in [1.54, 1.807) is 17.9 Å². The summed E-state index contributed by atoms with van der Waals surface area (Å²) < 4.78 is 10.7. The van der Waals surface area contributed by atoms with Crippen molar-refractivity contribution in [3.05, 3.63) is 35.0 Å². The first-order valence-electron chi connectivity index (χ1n) is 7.23. The van der Waals surface area contributed by atoms with E-state index >= 15 is 0 Å². The van der Waals surface area contributed by atoms with Crippen molar-refractivity contribution >= 4 is 5.91 Å². The van der Waals surface area contributed by atoms with Gasteiger partial charge in [0.25, 0.3) is 5.91 Å². The molecule has 0 aromatic carbocycles. The fraction of sp³-hybridized carbons (Fsp3) is 0.467. The molecule has 22 heavy (non-hydrogen) atoms. The van der Waals surface area contributed by atoms with Crippen molar-refractivity contribution < 1.29 is 14.1 Å². The van der Waals surface area contributed by atoms with E-state index in [1.807, 2.05) is 19.9 Å². The lowest BCUT2D eigenvalue weighted by molar-refractivity contribution is 0.0759. The van der Waals surface area contributed by atoms with E-state index in [9.17, 15) is 4.79 Å². The summed E-state index contributed by atoms with van der Waals surface area (Å²) in [7, 11) is 0. The van der Waals surface area contributed by atoms with Crippen molar-refractivity contribution in [1.82, 2.24) is 20.0 Å². The summed E-state index contributed by atoms with van der Waals surface area (Å²) in [6.07, 6.45) is 0.650. The summed E-state index contributed by atoms with van der Waals surface area (Å²) in [6.45, 7) is 6.69. The zero-order valence-corrected chi connectivity index (χ0v) is 12.9. The van der Waals surface area contributed by atoms with Crippen LogP contribution < -0.4 is 4.74 Å². The van der Waals surface area contributed by atoms with E-state index in [1.165, 1.54) is 0 Å². The van der Waals surface area contributed by atoms with Crippen molar-refractivity contribution in [1.29, 1.82) is 0 Å². The van der Waals surface area contributed by atoms with E-state index < -0.39 is 0 Å². The smallest absolute Gasteiger partial charge is 0.317 e. The highest BCUT2D eigenvalue weighted by atomic mass is 16.5. The van der Waals surface area contributed by atoms with E-state index in [4.69, 9.17) is 9.26 Å². The molecule has 1 aliphatic heterocycles. The van der Waals surface area contributed by atoms with Gasteiger partial charge in [-0.1, -0.05) is 5.16 Å². The quantitative estimate of drug-likeness (QED) is 0.858. The van der Waals surface area contributed by atoms with Gasteiger partial charge < -0.3 is 14.2 Å². The molecule has 1 amide bonds. The van der Waals surface area contributed by atoms with Gasteiger partial charge in [-0.05, 0) is 26.8 Å². The minimum Gasteiger partial charge on any atom is -0.458 e. The average Bonchev–Trinajstić information content (AvgIpc) is 3.06. The van der Waals surface area contributed by atoms with Crippen LogP contribution in [0.4, 0.5) is 0 Å². The number of rotatable bonds is 3. The molecule has 0 N–H and O–H groups in total. The second kappa shape index (κ2) is 5.75. The molecule has 0 saturated carbocycles. The van der Waals surface area contributed by atoms with Crippen molar-refractivity contribution in [3.8, 4) is 6.01 Å². The van der Waals surface area contributed by atoms with Crippen LogP contribution in [0.1, 0.15) is 34.1 Å². The molecule has 116 valence electrons. The van der Waals surface area contributed by atoms with Crippen molar-refractivity contribution in [2.24, 2.45) is 0 Å². The molecule has 3 rings (SSSR count). The average molecular weight is 302 g/mol. The molecule has 7 nitrogen and oxygen atoms in total. The van der Waals surface area contributed by atoms with Gasteiger partial charge in [0.2, 0.25) is 0 Å². The van der Waals surface area contributed by atoms with Gasteiger partial charge in [0.15, 0.2) is 5.69 Å². The molecular formula is C15H18N4O3. The van der Waals surface area contributed by atoms with Gasteiger partial charge in [-0.3, -0.25) is 4.79 Å². The summed E-state index contributed by atoms with van der Waals surface area (Å²) in [6, 6.07) is 3.91. The summed E-state index contributed by atoms with van der Waals surface area (Å²) >= 11 is 0. The van der Waals surface area contributed by atoms with Gasteiger partial charge in [0, 0.05) is 30.4 Å². The van der Waals surface area contributed by atoms with Crippen molar-refractivity contribution in [2.75, 3.05) is 13.1 Å².